The lowest BCUT2D eigenvalue weighted by Gasteiger charge is -2.31. The SMILES string of the molecule is O=C(O)CCN1CCC(C(=O)Nc2ccc(N3CCNCC3)cc2)CC1. The number of hydrogen-bond acceptors (Lipinski definition) is 5. The third kappa shape index (κ3) is 5.19. The van der Waals surface area contributed by atoms with Crippen LogP contribution in [0.15, 0.2) is 24.3 Å². The van der Waals surface area contributed by atoms with Crippen LogP contribution in [0.4, 0.5) is 11.4 Å². The van der Waals surface area contributed by atoms with Crippen molar-refractivity contribution in [3.63, 3.8) is 0 Å². The Morgan fingerprint density at radius 2 is 1.73 bits per heavy atom. The van der Waals surface area contributed by atoms with Crippen molar-refractivity contribution in [1.82, 2.24) is 10.2 Å². The second kappa shape index (κ2) is 9.00. The van der Waals surface area contributed by atoms with Gasteiger partial charge >= 0.3 is 5.97 Å². The Balaban J connectivity index is 1.45. The summed E-state index contributed by atoms with van der Waals surface area (Å²) < 4.78 is 0. The number of amides is 1. The average molecular weight is 360 g/mol. The van der Waals surface area contributed by atoms with Crippen LogP contribution >= 0.6 is 0 Å². The minimum atomic E-state index is -0.769. The number of carboxylic acids is 1. The maximum absolute atomic E-state index is 12.5. The van der Waals surface area contributed by atoms with Crippen LogP contribution in [0, 0.1) is 5.92 Å². The molecule has 142 valence electrons. The molecule has 26 heavy (non-hydrogen) atoms. The van der Waals surface area contributed by atoms with E-state index in [1.807, 2.05) is 12.1 Å². The second-order valence-corrected chi connectivity index (χ2v) is 7.03. The molecule has 3 N–H and O–H groups in total. The lowest BCUT2D eigenvalue weighted by atomic mass is 9.95. The molecular weight excluding hydrogens is 332 g/mol. The first kappa shape index (κ1) is 18.7. The fraction of sp³-hybridized carbons (Fsp3) is 0.579. The first-order chi connectivity index (χ1) is 12.6. The number of carbonyl (C=O) groups excluding carboxylic acids is 1. The van der Waals surface area contributed by atoms with Crippen LogP contribution in [0.5, 0.6) is 0 Å². The minimum Gasteiger partial charge on any atom is -0.481 e. The highest BCUT2D eigenvalue weighted by molar-refractivity contribution is 5.92. The molecule has 3 rings (SSSR count). The number of piperazine rings is 1. The molecule has 1 aromatic carbocycles. The molecule has 0 aliphatic carbocycles. The molecular formula is C19H28N4O3. The van der Waals surface area contributed by atoms with Crippen LogP contribution in [-0.2, 0) is 9.59 Å². The van der Waals surface area contributed by atoms with E-state index < -0.39 is 5.97 Å². The molecule has 0 spiro atoms. The number of nitrogens with zero attached hydrogens (tertiary/aromatic N) is 2. The standard InChI is InChI=1S/C19H28N4O3/c24-18(25)7-12-22-10-5-15(6-11-22)19(26)21-16-1-3-17(4-2-16)23-13-8-20-9-14-23/h1-4,15,20H,5-14H2,(H,21,26)(H,24,25). The van der Waals surface area contributed by atoms with Gasteiger partial charge in [-0.2, -0.15) is 0 Å². The molecule has 2 heterocycles. The van der Waals surface area contributed by atoms with E-state index in [2.05, 4.69) is 32.6 Å². The van der Waals surface area contributed by atoms with Gasteiger partial charge in [0.25, 0.3) is 0 Å². The van der Waals surface area contributed by atoms with Gasteiger partial charge in [0, 0.05) is 50.0 Å². The molecule has 7 heteroatoms. The molecule has 7 nitrogen and oxygen atoms in total. The van der Waals surface area contributed by atoms with Gasteiger partial charge < -0.3 is 25.5 Å². The zero-order chi connectivity index (χ0) is 18.4. The zero-order valence-electron chi connectivity index (χ0n) is 15.1. The van der Waals surface area contributed by atoms with Gasteiger partial charge in [0.05, 0.1) is 6.42 Å². The molecule has 0 bridgehead atoms. The fourth-order valence-corrected chi connectivity index (χ4v) is 3.60. The van der Waals surface area contributed by atoms with Gasteiger partial charge in [-0.25, -0.2) is 0 Å². The van der Waals surface area contributed by atoms with Crippen molar-refractivity contribution in [1.29, 1.82) is 0 Å². The zero-order valence-corrected chi connectivity index (χ0v) is 15.1. The predicted molar refractivity (Wildman–Crippen MR) is 102 cm³/mol. The topological polar surface area (TPSA) is 84.9 Å². The fourth-order valence-electron chi connectivity index (χ4n) is 3.60. The van der Waals surface area contributed by atoms with E-state index in [0.717, 1.165) is 57.8 Å². The van der Waals surface area contributed by atoms with Gasteiger partial charge in [0.2, 0.25) is 5.91 Å². The molecule has 2 aliphatic rings. The largest absolute Gasteiger partial charge is 0.481 e. The van der Waals surface area contributed by atoms with E-state index in [4.69, 9.17) is 5.11 Å². The molecule has 2 fully saturated rings. The van der Waals surface area contributed by atoms with Crippen molar-refractivity contribution in [3.05, 3.63) is 24.3 Å². The van der Waals surface area contributed by atoms with Crippen LogP contribution in [0.3, 0.4) is 0 Å². The van der Waals surface area contributed by atoms with E-state index in [1.165, 1.54) is 5.69 Å². The second-order valence-electron chi connectivity index (χ2n) is 7.03. The van der Waals surface area contributed by atoms with Gasteiger partial charge in [-0.3, -0.25) is 9.59 Å². The Hall–Kier alpha value is -2.12. The van der Waals surface area contributed by atoms with Crippen LogP contribution in [0.2, 0.25) is 0 Å². The Morgan fingerprint density at radius 1 is 1.08 bits per heavy atom. The van der Waals surface area contributed by atoms with Crippen LogP contribution < -0.4 is 15.5 Å². The summed E-state index contributed by atoms with van der Waals surface area (Å²) >= 11 is 0. The summed E-state index contributed by atoms with van der Waals surface area (Å²) in [5.74, 6) is -0.698. The molecule has 2 aliphatic heterocycles. The third-order valence-electron chi connectivity index (χ3n) is 5.22. The van der Waals surface area contributed by atoms with Crippen molar-refractivity contribution in [2.45, 2.75) is 19.3 Å². The third-order valence-corrected chi connectivity index (χ3v) is 5.22. The maximum Gasteiger partial charge on any atom is 0.304 e. The van der Waals surface area contributed by atoms with E-state index in [1.54, 1.807) is 0 Å². The Kier molecular flexibility index (Phi) is 6.46. The molecule has 1 amide bonds. The number of nitrogens with one attached hydrogen (secondary N) is 2. The Labute approximate surface area is 154 Å². The van der Waals surface area contributed by atoms with Gasteiger partial charge in [-0.15, -0.1) is 0 Å². The highest BCUT2D eigenvalue weighted by Gasteiger charge is 2.25. The molecule has 0 unspecified atom stereocenters. The Bertz CT molecular complexity index is 606. The molecule has 1 aromatic rings. The smallest absolute Gasteiger partial charge is 0.304 e. The van der Waals surface area contributed by atoms with Crippen LogP contribution in [-0.4, -0.2) is 67.7 Å². The normalized spacial score (nSPS) is 19.3. The summed E-state index contributed by atoms with van der Waals surface area (Å²) in [5, 5.41) is 15.1. The van der Waals surface area contributed by atoms with Crippen molar-refractivity contribution in [2.75, 3.05) is 56.0 Å². The molecule has 0 atom stereocenters. The van der Waals surface area contributed by atoms with Gasteiger partial charge in [-0.1, -0.05) is 0 Å². The molecule has 0 saturated carbocycles. The van der Waals surface area contributed by atoms with Crippen molar-refractivity contribution in [2.24, 2.45) is 5.92 Å². The highest BCUT2D eigenvalue weighted by atomic mass is 16.4. The number of rotatable bonds is 6. The number of benzene rings is 1. The van der Waals surface area contributed by atoms with E-state index >= 15 is 0 Å². The van der Waals surface area contributed by atoms with E-state index in [0.29, 0.717) is 6.54 Å². The number of carbonyl (C=O) groups is 2. The Morgan fingerprint density at radius 3 is 2.35 bits per heavy atom. The lowest BCUT2D eigenvalue weighted by Crippen LogP contribution is -2.43. The maximum atomic E-state index is 12.5. The number of aliphatic carboxylic acids is 1. The summed E-state index contributed by atoms with van der Waals surface area (Å²) in [6.07, 6.45) is 1.73. The number of hydrogen-bond donors (Lipinski definition) is 3. The number of anilines is 2. The highest BCUT2D eigenvalue weighted by Crippen LogP contribution is 2.22. The first-order valence-electron chi connectivity index (χ1n) is 9.42. The predicted octanol–water partition coefficient (Wildman–Crippen LogP) is 1.22. The first-order valence-corrected chi connectivity index (χ1v) is 9.42. The van der Waals surface area contributed by atoms with Gasteiger partial charge in [0.15, 0.2) is 0 Å². The quantitative estimate of drug-likeness (QED) is 0.707. The van der Waals surface area contributed by atoms with Crippen LogP contribution in [0.25, 0.3) is 0 Å². The summed E-state index contributed by atoms with van der Waals surface area (Å²) in [7, 11) is 0. The lowest BCUT2D eigenvalue weighted by molar-refractivity contribution is -0.137. The van der Waals surface area contributed by atoms with Gasteiger partial charge in [-0.05, 0) is 50.2 Å². The van der Waals surface area contributed by atoms with E-state index in [-0.39, 0.29) is 18.2 Å². The van der Waals surface area contributed by atoms with E-state index in [9.17, 15) is 9.59 Å². The number of likely N-dealkylation sites (tertiary alicyclic amines) is 1. The molecule has 0 aromatic heterocycles. The molecule has 0 radical (unpaired) electrons. The van der Waals surface area contributed by atoms with Crippen molar-refractivity contribution in [3.8, 4) is 0 Å². The summed E-state index contributed by atoms with van der Waals surface area (Å²) in [4.78, 5) is 27.6. The number of carboxylic acid groups (broad SMARTS) is 1. The van der Waals surface area contributed by atoms with Crippen molar-refractivity contribution < 1.29 is 14.7 Å². The minimum absolute atomic E-state index is 0.00363. The summed E-state index contributed by atoms with van der Waals surface area (Å²) in [5.41, 5.74) is 2.03. The summed E-state index contributed by atoms with van der Waals surface area (Å²) in [6, 6.07) is 8.07. The van der Waals surface area contributed by atoms with Gasteiger partial charge in [0.1, 0.15) is 0 Å². The van der Waals surface area contributed by atoms with Crippen LogP contribution in [0.1, 0.15) is 19.3 Å². The van der Waals surface area contributed by atoms with Crippen molar-refractivity contribution >= 4 is 23.3 Å². The molecule has 2 saturated heterocycles. The summed E-state index contributed by atoms with van der Waals surface area (Å²) in [6.45, 7) is 6.16. The monoisotopic (exact) mass is 360 g/mol. The number of piperidine rings is 1. The average Bonchev–Trinajstić information content (AvgIpc) is 2.68.